The van der Waals surface area contributed by atoms with E-state index in [4.69, 9.17) is 19.4 Å². The van der Waals surface area contributed by atoms with Gasteiger partial charge in [0.25, 0.3) is 0 Å². The molecule has 206 valence electrons. The molecule has 0 bridgehead atoms. The van der Waals surface area contributed by atoms with Crippen molar-refractivity contribution in [1.29, 1.82) is 0 Å². The third-order valence-electron chi connectivity index (χ3n) is 8.16. The molecule has 0 radical (unpaired) electrons. The molecule has 0 unspecified atom stereocenters. The lowest BCUT2D eigenvalue weighted by atomic mass is 10.0. The lowest BCUT2D eigenvalue weighted by Gasteiger charge is -2.10. The molecule has 3 heterocycles. The molecule has 0 aliphatic heterocycles. The van der Waals surface area contributed by atoms with Gasteiger partial charge in [0, 0.05) is 53.2 Å². The van der Waals surface area contributed by atoms with Crippen molar-refractivity contribution in [2.24, 2.45) is 0 Å². The predicted molar refractivity (Wildman–Crippen MR) is 182 cm³/mol. The standard InChI is InChI=1S/C39H23N3OS/c1-3-12-24(13-4-1)26-17-9-18-28-34-29(19-10-21-31(34)43-36(26)28)38-40-37(25-14-5-2-6-15-25)41-39(42-38)30-20-11-23-33-35(30)27-16-7-8-22-32(27)44-33/h1-23H. The van der Waals surface area contributed by atoms with Gasteiger partial charge in [0.1, 0.15) is 11.2 Å². The van der Waals surface area contributed by atoms with Crippen LogP contribution in [0.4, 0.5) is 0 Å². The molecule has 0 aliphatic rings. The van der Waals surface area contributed by atoms with E-state index in [2.05, 4.69) is 91.0 Å². The van der Waals surface area contributed by atoms with E-state index >= 15 is 0 Å². The first-order valence-electron chi connectivity index (χ1n) is 14.5. The van der Waals surface area contributed by atoms with Crippen molar-refractivity contribution in [2.75, 3.05) is 0 Å². The maximum Gasteiger partial charge on any atom is 0.164 e. The van der Waals surface area contributed by atoms with Gasteiger partial charge in [-0.2, -0.15) is 0 Å². The van der Waals surface area contributed by atoms with Gasteiger partial charge in [-0.3, -0.25) is 0 Å². The molecule has 5 heteroatoms. The molecule has 0 saturated heterocycles. The second kappa shape index (κ2) is 9.97. The average Bonchev–Trinajstić information content (AvgIpc) is 3.67. The fourth-order valence-corrected chi connectivity index (χ4v) is 7.31. The number of fused-ring (bicyclic) bond motifs is 6. The van der Waals surface area contributed by atoms with Gasteiger partial charge in [-0.25, -0.2) is 15.0 Å². The summed E-state index contributed by atoms with van der Waals surface area (Å²) in [7, 11) is 0. The predicted octanol–water partition coefficient (Wildman–Crippen LogP) is 10.8. The van der Waals surface area contributed by atoms with E-state index in [0.29, 0.717) is 17.5 Å². The highest BCUT2D eigenvalue weighted by atomic mass is 32.1. The summed E-state index contributed by atoms with van der Waals surface area (Å²) in [6, 6.07) is 47.8. The first-order valence-corrected chi connectivity index (χ1v) is 15.4. The molecule has 0 saturated carbocycles. The van der Waals surface area contributed by atoms with Crippen LogP contribution >= 0.6 is 11.3 Å². The Hall–Kier alpha value is -5.65. The summed E-state index contributed by atoms with van der Waals surface area (Å²) in [5, 5.41) is 4.41. The van der Waals surface area contributed by atoms with Crippen molar-refractivity contribution in [1.82, 2.24) is 15.0 Å². The molecule has 3 aromatic heterocycles. The van der Waals surface area contributed by atoms with Crippen LogP contribution in [-0.4, -0.2) is 15.0 Å². The zero-order chi connectivity index (χ0) is 29.0. The van der Waals surface area contributed by atoms with Gasteiger partial charge >= 0.3 is 0 Å². The molecular weight excluding hydrogens is 559 g/mol. The van der Waals surface area contributed by atoms with Crippen LogP contribution in [0.5, 0.6) is 0 Å². The lowest BCUT2D eigenvalue weighted by Crippen LogP contribution is -2.00. The molecule has 0 spiro atoms. The zero-order valence-electron chi connectivity index (χ0n) is 23.4. The van der Waals surface area contributed by atoms with E-state index in [1.807, 2.05) is 48.5 Å². The topological polar surface area (TPSA) is 51.8 Å². The SMILES string of the molecule is c1ccc(-c2nc(-c3cccc4oc5c(-c6ccccc6)cccc5c34)nc(-c3cccc4sc5ccccc5c34)n2)cc1. The van der Waals surface area contributed by atoms with Crippen molar-refractivity contribution in [3.8, 4) is 45.3 Å². The Morgan fingerprint density at radius 3 is 1.77 bits per heavy atom. The van der Waals surface area contributed by atoms with Crippen molar-refractivity contribution in [3.05, 3.63) is 140 Å². The maximum atomic E-state index is 6.56. The van der Waals surface area contributed by atoms with Gasteiger partial charge < -0.3 is 4.42 Å². The molecule has 0 atom stereocenters. The highest BCUT2D eigenvalue weighted by Crippen LogP contribution is 2.42. The van der Waals surface area contributed by atoms with Gasteiger partial charge in [0.2, 0.25) is 0 Å². The molecule has 44 heavy (non-hydrogen) atoms. The fraction of sp³-hybridized carbons (Fsp3) is 0. The van der Waals surface area contributed by atoms with E-state index in [1.165, 1.54) is 20.2 Å². The van der Waals surface area contributed by atoms with E-state index in [-0.39, 0.29) is 0 Å². The van der Waals surface area contributed by atoms with Crippen LogP contribution in [0.2, 0.25) is 0 Å². The Labute approximate surface area is 256 Å². The molecular formula is C39H23N3OS. The van der Waals surface area contributed by atoms with E-state index in [1.54, 1.807) is 11.3 Å². The smallest absolute Gasteiger partial charge is 0.164 e. The van der Waals surface area contributed by atoms with Crippen molar-refractivity contribution in [3.63, 3.8) is 0 Å². The summed E-state index contributed by atoms with van der Waals surface area (Å²) in [6.07, 6.45) is 0. The Bertz CT molecular complexity index is 2500. The molecule has 0 aliphatic carbocycles. The van der Waals surface area contributed by atoms with Crippen LogP contribution < -0.4 is 0 Å². The van der Waals surface area contributed by atoms with Gasteiger partial charge in [-0.05, 0) is 23.8 Å². The van der Waals surface area contributed by atoms with Gasteiger partial charge in [0.15, 0.2) is 17.5 Å². The lowest BCUT2D eigenvalue weighted by molar-refractivity contribution is 0.670. The number of thiophene rings is 1. The summed E-state index contributed by atoms with van der Waals surface area (Å²) >= 11 is 1.79. The molecule has 9 aromatic rings. The number of nitrogens with zero attached hydrogens (tertiary/aromatic N) is 3. The van der Waals surface area contributed by atoms with Gasteiger partial charge in [-0.1, -0.05) is 121 Å². The third-order valence-corrected chi connectivity index (χ3v) is 9.30. The fourth-order valence-electron chi connectivity index (χ4n) is 6.17. The summed E-state index contributed by atoms with van der Waals surface area (Å²) in [5.74, 6) is 1.90. The minimum atomic E-state index is 0.615. The van der Waals surface area contributed by atoms with Crippen LogP contribution in [-0.2, 0) is 0 Å². The van der Waals surface area contributed by atoms with Crippen LogP contribution in [0.25, 0.3) is 87.4 Å². The average molecular weight is 582 g/mol. The first-order chi connectivity index (χ1) is 21.8. The number of hydrogen-bond donors (Lipinski definition) is 0. The second-order valence-electron chi connectivity index (χ2n) is 10.8. The molecule has 6 aromatic carbocycles. The van der Waals surface area contributed by atoms with Crippen molar-refractivity contribution >= 4 is 53.4 Å². The zero-order valence-corrected chi connectivity index (χ0v) is 24.3. The highest BCUT2D eigenvalue weighted by molar-refractivity contribution is 7.25. The number of hydrogen-bond acceptors (Lipinski definition) is 5. The molecule has 9 rings (SSSR count). The number of furan rings is 1. The highest BCUT2D eigenvalue weighted by Gasteiger charge is 2.20. The Morgan fingerprint density at radius 2 is 0.977 bits per heavy atom. The summed E-state index contributed by atoms with van der Waals surface area (Å²) < 4.78 is 9.01. The quantitative estimate of drug-likeness (QED) is 0.207. The Morgan fingerprint density at radius 1 is 0.409 bits per heavy atom. The number of para-hydroxylation sites is 1. The van der Waals surface area contributed by atoms with Crippen LogP contribution in [0, 0.1) is 0 Å². The van der Waals surface area contributed by atoms with E-state index in [9.17, 15) is 0 Å². The maximum absolute atomic E-state index is 6.56. The van der Waals surface area contributed by atoms with Gasteiger partial charge in [0.05, 0.1) is 0 Å². The van der Waals surface area contributed by atoms with E-state index < -0.39 is 0 Å². The largest absolute Gasteiger partial charge is 0.455 e. The minimum absolute atomic E-state index is 0.615. The van der Waals surface area contributed by atoms with Crippen LogP contribution in [0.1, 0.15) is 0 Å². The summed E-state index contributed by atoms with van der Waals surface area (Å²) in [5.41, 5.74) is 6.68. The van der Waals surface area contributed by atoms with Crippen LogP contribution in [0.3, 0.4) is 0 Å². The van der Waals surface area contributed by atoms with Crippen molar-refractivity contribution in [2.45, 2.75) is 0 Å². The molecule has 0 amide bonds. The molecule has 4 nitrogen and oxygen atoms in total. The first kappa shape index (κ1) is 24.9. The monoisotopic (exact) mass is 581 g/mol. The summed E-state index contributed by atoms with van der Waals surface area (Å²) in [6.45, 7) is 0. The Kier molecular flexibility index (Phi) is 5.64. The molecule has 0 fully saturated rings. The van der Waals surface area contributed by atoms with E-state index in [0.717, 1.165) is 49.8 Å². The number of benzene rings is 6. The van der Waals surface area contributed by atoms with Crippen molar-refractivity contribution < 1.29 is 4.42 Å². The number of aromatic nitrogens is 3. The normalized spacial score (nSPS) is 11.6. The van der Waals surface area contributed by atoms with Crippen LogP contribution in [0.15, 0.2) is 144 Å². The Balaban J connectivity index is 1.33. The third kappa shape index (κ3) is 3.94. The second-order valence-corrected chi connectivity index (χ2v) is 11.9. The minimum Gasteiger partial charge on any atom is -0.455 e. The summed E-state index contributed by atoms with van der Waals surface area (Å²) in [4.78, 5) is 15.4. The molecule has 0 N–H and O–H groups in total. The van der Waals surface area contributed by atoms with Gasteiger partial charge in [-0.15, -0.1) is 11.3 Å². The number of rotatable bonds is 4.